The topological polar surface area (TPSA) is 104 Å². The van der Waals surface area contributed by atoms with Gasteiger partial charge in [-0.25, -0.2) is 4.98 Å². The number of likely N-dealkylation sites (N-methyl/N-ethyl adjacent to an activating group) is 1. The lowest BCUT2D eigenvalue weighted by molar-refractivity contribution is -0.137. The molecule has 0 saturated heterocycles. The van der Waals surface area contributed by atoms with Crippen LogP contribution in [0.15, 0.2) is 24.4 Å². The molecule has 2 aromatic heterocycles. The van der Waals surface area contributed by atoms with Crippen LogP contribution in [0.1, 0.15) is 54.1 Å². The van der Waals surface area contributed by atoms with Gasteiger partial charge >= 0.3 is 5.97 Å². The highest BCUT2D eigenvalue weighted by Gasteiger charge is 2.53. The maximum atomic E-state index is 12.9. The third-order valence-electron chi connectivity index (χ3n) is 7.19. The van der Waals surface area contributed by atoms with Gasteiger partial charge in [0.15, 0.2) is 0 Å². The predicted molar refractivity (Wildman–Crippen MR) is 110 cm³/mol. The van der Waals surface area contributed by atoms with E-state index in [1.54, 1.807) is 22.6 Å². The Labute approximate surface area is 175 Å². The summed E-state index contributed by atoms with van der Waals surface area (Å²) in [7, 11) is 1.41. The number of aliphatic carboxylic acids is 1. The molecule has 2 heterocycles. The molecule has 8 nitrogen and oxygen atoms in total. The number of rotatable bonds is 6. The minimum atomic E-state index is -1.10. The fourth-order valence-corrected chi connectivity index (χ4v) is 5.29. The van der Waals surface area contributed by atoms with Gasteiger partial charge < -0.3 is 15.3 Å². The molecule has 2 amide bonds. The van der Waals surface area contributed by atoms with Crippen LogP contribution in [0.2, 0.25) is 0 Å². The molecule has 0 aliphatic heterocycles. The summed E-state index contributed by atoms with van der Waals surface area (Å²) in [5.74, 6) is 0.182. The van der Waals surface area contributed by atoms with Gasteiger partial charge in [-0.2, -0.15) is 0 Å². The summed E-state index contributed by atoms with van der Waals surface area (Å²) in [4.78, 5) is 41.6. The van der Waals surface area contributed by atoms with Crippen LogP contribution >= 0.6 is 0 Å². The zero-order valence-electron chi connectivity index (χ0n) is 17.6. The number of carboxylic acid groups (broad SMARTS) is 1. The third-order valence-corrected chi connectivity index (χ3v) is 7.19. The van der Waals surface area contributed by atoms with Crippen molar-refractivity contribution in [1.29, 1.82) is 0 Å². The van der Waals surface area contributed by atoms with E-state index >= 15 is 0 Å². The first-order valence-electron chi connectivity index (χ1n) is 10.4. The normalized spacial score (nSPS) is 24.2. The maximum Gasteiger partial charge on any atom is 0.323 e. The average Bonchev–Trinajstić information content (AvgIpc) is 3.15. The molecular formula is C22H28N4O4. The molecule has 3 aliphatic rings. The zero-order chi connectivity index (χ0) is 21.6. The van der Waals surface area contributed by atoms with Crippen LogP contribution in [0, 0.1) is 23.2 Å². The molecule has 30 heavy (non-hydrogen) atoms. The summed E-state index contributed by atoms with van der Waals surface area (Å²) in [6, 6.07) is 5.14. The molecule has 8 heteroatoms. The summed E-state index contributed by atoms with van der Waals surface area (Å²) < 4.78 is 1.58. The molecule has 2 aromatic rings. The van der Waals surface area contributed by atoms with E-state index in [0.29, 0.717) is 35.1 Å². The first-order chi connectivity index (χ1) is 14.2. The van der Waals surface area contributed by atoms with Crippen LogP contribution in [0.25, 0.3) is 5.65 Å². The third kappa shape index (κ3) is 3.44. The molecule has 0 aromatic carbocycles. The SMILES string of the molecule is CN(CC(=O)O)C(=O)c1cn2c(C(=O)NC[C@@H]3CC[C@H]4C[C@@H]3C4(C)C)cccc2n1. The predicted octanol–water partition coefficient (Wildman–Crippen LogP) is 2.29. The molecule has 3 saturated carbocycles. The quantitative estimate of drug-likeness (QED) is 0.758. The monoisotopic (exact) mass is 412 g/mol. The number of carbonyl (C=O) groups is 3. The van der Waals surface area contributed by atoms with Gasteiger partial charge in [-0.05, 0) is 54.6 Å². The van der Waals surface area contributed by atoms with Crippen LogP contribution < -0.4 is 5.32 Å². The fraction of sp³-hybridized carbons (Fsp3) is 0.545. The second kappa shape index (κ2) is 7.41. The smallest absolute Gasteiger partial charge is 0.323 e. The van der Waals surface area contributed by atoms with E-state index < -0.39 is 18.4 Å². The van der Waals surface area contributed by atoms with E-state index in [2.05, 4.69) is 24.1 Å². The molecule has 2 N–H and O–H groups in total. The number of hydrogen-bond acceptors (Lipinski definition) is 4. The average molecular weight is 412 g/mol. The zero-order valence-corrected chi connectivity index (χ0v) is 17.6. The van der Waals surface area contributed by atoms with Gasteiger partial charge in [0, 0.05) is 19.8 Å². The van der Waals surface area contributed by atoms with E-state index in [-0.39, 0.29) is 11.6 Å². The molecule has 3 fully saturated rings. The minimum Gasteiger partial charge on any atom is -0.480 e. The Kier molecular flexibility index (Phi) is 5.03. The Morgan fingerprint density at radius 1 is 1.30 bits per heavy atom. The molecule has 5 rings (SSSR count). The number of nitrogens with zero attached hydrogens (tertiary/aromatic N) is 3. The van der Waals surface area contributed by atoms with Crippen molar-refractivity contribution in [3.63, 3.8) is 0 Å². The molecule has 3 atom stereocenters. The van der Waals surface area contributed by atoms with Crippen molar-refractivity contribution in [3.05, 3.63) is 35.8 Å². The van der Waals surface area contributed by atoms with Crippen molar-refractivity contribution < 1.29 is 19.5 Å². The highest BCUT2D eigenvalue weighted by molar-refractivity contribution is 5.96. The number of aromatic nitrogens is 2. The van der Waals surface area contributed by atoms with Gasteiger partial charge in [0.25, 0.3) is 11.8 Å². The molecular weight excluding hydrogens is 384 g/mol. The fourth-order valence-electron chi connectivity index (χ4n) is 5.29. The first kappa shape index (κ1) is 20.4. The number of carbonyl (C=O) groups excluding carboxylic acids is 2. The molecule has 2 bridgehead atoms. The number of hydrogen-bond donors (Lipinski definition) is 2. The first-order valence-corrected chi connectivity index (χ1v) is 10.4. The van der Waals surface area contributed by atoms with Gasteiger partial charge in [0.1, 0.15) is 23.6 Å². The molecule has 160 valence electrons. The van der Waals surface area contributed by atoms with Crippen molar-refractivity contribution in [2.45, 2.75) is 33.1 Å². The molecule has 0 radical (unpaired) electrons. The van der Waals surface area contributed by atoms with Crippen molar-refractivity contribution in [2.75, 3.05) is 20.1 Å². The van der Waals surface area contributed by atoms with Gasteiger partial charge in [-0.15, -0.1) is 0 Å². The second-order valence-electron chi connectivity index (χ2n) is 9.23. The van der Waals surface area contributed by atoms with Gasteiger partial charge in [-0.3, -0.25) is 18.8 Å². The lowest BCUT2D eigenvalue weighted by Crippen LogP contribution is -2.54. The Hall–Kier alpha value is -2.90. The molecule has 0 spiro atoms. The highest BCUT2D eigenvalue weighted by atomic mass is 16.4. The number of imidazole rings is 1. The van der Waals surface area contributed by atoms with Gasteiger partial charge in [0.05, 0.1) is 0 Å². The second-order valence-corrected chi connectivity index (χ2v) is 9.23. The molecule has 0 unspecified atom stereocenters. The maximum absolute atomic E-state index is 12.9. The Balaban J connectivity index is 1.48. The van der Waals surface area contributed by atoms with E-state index in [9.17, 15) is 14.4 Å². The number of amides is 2. The summed E-state index contributed by atoms with van der Waals surface area (Å²) in [6.45, 7) is 4.91. The van der Waals surface area contributed by atoms with Crippen molar-refractivity contribution in [2.24, 2.45) is 23.2 Å². The van der Waals surface area contributed by atoms with E-state index in [0.717, 1.165) is 17.2 Å². The van der Waals surface area contributed by atoms with E-state index in [4.69, 9.17) is 5.11 Å². The van der Waals surface area contributed by atoms with Crippen molar-refractivity contribution >= 4 is 23.4 Å². The van der Waals surface area contributed by atoms with Gasteiger partial charge in [-0.1, -0.05) is 19.9 Å². The summed E-state index contributed by atoms with van der Waals surface area (Å²) in [6.07, 6.45) is 5.14. The Morgan fingerprint density at radius 2 is 2.07 bits per heavy atom. The largest absolute Gasteiger partial charge is 0.480 e. The van der Waals surface area contributed by atoms with Crippen LogP contribution in [0.5, 0.6) is 0 Å². The van der Waals surface area contributed by atoms with Crippen LogP contribution in [-0.2, 0) is 4.79 Å². The number of fused-ring (bicyclic) bond motifs is 3. The number of nitrogens with one attached hydrogen (secondary N) is 1. The Bertz CT molecular complexity index is 1010. The van der Waals surface area contributed by atoms with Crippen LogP contribution in [0.3, 0.4) is 0 Å². The number of carboxylic acids is 1. The number of pyridine rings is 1. The lowest BCUT2D eigenvalue weighted by Gasteiger charge is -2.60. The lowest BCUT2D eigenvalue weighted by atomic mass is 9.45. The molecule has 3 aliphatic carbocycles. The highest BCUT2D eigenvalue weighted by Crippen LogP contribution is 2.61. The Morgan fingerprint density at radius 3 is 2.73 bits per heavy atom. The summed E-state index contributed by atoms with van der Waals surface area (Å²) >= 11 is 0. The van der Waals surface area contributed by atoms with Crippen LogP contribution in [-0.4, -0.2) is 57.3 Å². The van der Waals surface area contributed by atoms with E-state index in [1.807, 2.05) is 0 Å². The van der Waals surface area contributed by atoms with Crippen molar-refractivity contribution in [3.8, 4) is 0 Å². The minimum absolute atomic E-state index is 0.105. The summed E-state index contributed by atoms with van der Waals surface area (Å²) in [5, 5.41) is 12.0. The standard InChI is InChI=1S/C22H28N4O4/c1-22(2)14-8-7-13(15(22)9-14)10-23-20(29)17-5-4-6-18-24-16(11-26(17)18)21(30)25(3)12-19(27)28/h4-6,11,13-15H,7-10,12H2,1-3H3,(H,23,29)(H,27,28)/t13-,14-,15-/m0/s1. The summed E-state index contributed by atoms with van der Waals surface area (Å²) in [5.41, 5.74) is 1.35. The van der Waals surface area contributed by atoms with Crippen molar-refractivity contribution in [1.82, 2.24) is 19.6 Å². The van der Waals surface area contributed by atoms with Crippen LogP contribution in [0.4, 0.5) is 0 Å². The van der Waals surface area contributed by atoms with E-state index in [1.165, 1.54) is 26.1 Å². The van der Waals surface area contributed by atoms with Gasteiger partial charge in [0.2, 0.25) is 0 Å².